The number of rotatable bonds is 3. The minimum absolute atomic E-state index is 0.259. The molecule has 0 fully saturated rings. The molecule has 0 saturated heterocycles. The number of hydrogen-bond donors (Lipinski definition) is 1. The molecule has 0 radical (unpaired) electrons. The van der Waals surface area contributed by atoms with Crippen molar-refractivity contribution >= 4 is 5.95 Å². The van der Waals surface area contributed by atoms with Crippen molar-refractivity contribution in [1.29, 1.82) is 0 Å². The standard InChI is InChI=1S/C12H13N3O2/c1-16-10-4-3-8(5-11(10)17-2)9-6-14-12(13)15-7-9/h3-7H,1-2H3,(H2,13,14,15). The van der Waals surface area contributed by atoms with E-state index in [1.807, 2.05) is 18.2 Å². The number of methoxy groups -OCH3 is 2. The quantitative estimate of drug-likeness (QED) is 0.871. The summed E-state index contributed by atoms with van der Waals surface area (Å²) in [5.41, 5.74) is 7.26. The first kappa shape index (κ1) is 11.2. The molecule has 5 heteroatoms. The summed E-state index contributed by atoms with van der Waals surface area (Å²) in [6.07, 6.45) is 3.34. The lowest BCUT2D eigenvalue weighted by atomic mass is 10.1. The van der Waals surface area contributed by atoms with E-state index in [1.54, 1.807) is 26.6 Å². The first-order valence-electron chi connectivity index (χ1n) is 5.04. The van der Waals surface area contributed by atoms with Crippen LogP contribution in [0.3, 0.4) is 0 Å². The molecule has 0 saturated carbocycles. The van der Waals surface area contributed by atoms with Crippen LogP contribution in [0.1, 0.15) is 0 Å². The maximum Gasteiger partial charge on any atom is 0.219 e. The fourth-order valence-electron chi connectivity index (χ4n) is 1.50. The summed E-state index contributed by atoms with van der Waals surface area (Å²) in [6, 6.07) is 5.62. The molecule has 1 aromatic heterocycles. The van der Waals surface area contributed by atoms with Gasteiger partial charge in [0.2, 0.25) is 5.95 Å². The van der Waals surface area contributed by atoms with Gasteiger partial charge in [0.1, 0.15) is 0 Å². The number of benzene rings is 1. The smallest absolute Gasteiger partial charge is 0.219 e. The molecule has 0 unspecified atom stereocenters. The molecule has 2 aromatic rings. The maximum absolute atomic E-state index is 5.44. The van der Waals surface area contributed by atoms with Gasteiger partial charge in [-0.05, 0) is 17.7 Å². The van der Waals surface area contributed by atoms with E-state index < -0.39 is 0 Å². The Morgan fingerprint density at radius 2 is 1.59 bits per heavy atom. The summed E-state index contributed by atoms with van der Waals surface area (Å²) in [6.45, 7) is 0. The molecule has 0 spiro atoms. The number of hydrogen-bond acceptors (Lipinski definition) is 5. The molecule has 0 amide bonds. The van der Waals surface area contributed by atoms with Crippen molar-refractivity contribution in [3.05, 3.63) is 30.6 Å². The first-order valence-corrected chi connectivity index (χ1v) is 5.04. The van der Waals surface area contributed by atoms with Gasteiger partial charge in [0.25, 0.3) is 0 Å². The topological polar surface area (TPSA) is 70.3 Å². The Morgan fingerprint density at radius 1 is 0.941 bits per heavy atom. The molecule has 2 rings (SSSR count). The average molecular weight is 231 g/mol. The minimum Gasteiger partial charge on any atom is -0.493 e. The molecule has 0 atom stereocenters. The monoisotopic (exact) mass is 231 g/mol. The van der Waals surface area contributed by atoms with Gasteiger partial charge in [0, 0.05) is 18.0 Å². The van der Waals surface area contributed by atoms with Crippen molar-refractivity contribution < 1.29 is 9.47 Å². The molecular weight excluding hydrogens is 218 g/mol. The summed E-state index contributed by atoms with van der Waals surface area (Å²) < 4.78 is 10.4. The van der Waals surface area contributed by atoms with Crippen LogP contribution >= 0.6 is 0 Å². The summed E-state index contributed by atoms with van der Waals surface area (Å²) >= 11 is 0. The number of nitrogens with zero attached hydrogens (tertiary/aromatic N) is 2. The molecule has 1 aromatic carbocycles. The summed E-state index contributed by atoms with van der Waals surface area (Å²) in [5.74, 6) is 1.61. The Balaban J connectivity index is 2.42. The van der Waals surface area contributed by atoms with E-state index in [-0.39, 0.29) is 5.95 Å². The zero-order valence-corrected chi connectivity index (χ0v) is 9.68. The molecule has 2 N–H and O–H groups in total. The lowest BCUT2D eigenvalue weighted by Gasteiger charge is -2.09. The van der Waals surface area contributed by atoms with Crippen molar-refractivity contribution in [3.63, 3.8) is 0 Å². The highest BCUT2D eigenvalue weighted by Gasteiger charge is 2.06. The van der Waals surface area contributed by atoms with Gasteiger partial charge in [0.15, 0.2) is 11.5 Å². The zero-order chi connectivity index (χ0) is 12.3. The molecule has 0 aliphatic carbocycles. The maximum atomic E-state index is 5.44. The normalized spacial score (nSPS) is 10.0. The van der Waals surface area contributed by atoms with Crippen LogP contribution in [-0.4, -0.2) is 24.2 Å². The fraction of sp³-hybridized carbons (Fsp3) is 0.167. The van der Waals surface area contributed by atoms with Crippen molar-refractivity contribution in [3.8, 4) is 22.6 Å². The van der Waals surface area contributed by atoms with E-state index in [2.05, 4.69) is 9.97 Å². The summed E-state index contributed by atoms with van der Waals surface area (Å²) in [7, 11) is 3.20. The number of nitrogen functional groups attached to an aromatic ring is 1. The number of nitrogens with two attached hydrogens (primary N) is 1. The van der Waals surface area contributed by atoms with Crippen LogP contribution < -0.4 is 15.2 Å². The molecule has 0 aliphatic rings. The highest BCUT2D eigenvalue weighted by atomic mass is 16.5. The van der Waals surface area contributed by atoms with Crippen LogP contribution in [0.5, 0.6) is 11.5 Å². The van der Waals surface area contributed by atoms with Crippen molar-refractivity contribution in [2.24, 2.45) is 0 Å². The Morgan fingerprint density at radius 3 is 2.18 bits per heavy atom. The van der Waals surface area contributed by atoms with Crippen molar-refractivity contribution in [1.82, 2.24) is 9.97 Å². The van der Waals surface area contributed by atoms with Gasteiger partial charge in [-0.3, -0.25) is 0 Å². The minimum atomic E-state index is 0.259. The summed E-state index contributed by atoms with van der Waals surface area (Å²) in [4.78, 5) is 7.90. The van der Waals surface area contributed by atoms with E-state index in [0.717, 1.165) is 11.1 Å². The number of aromatic nitrogens is 2. The van der Waals surface area contributed by atoms with Crippen LogP contribution in [0, 0.1) is 0 Å². The van der Waals surface area contributed by atoms with Crippen LogP contribution in [-0.2, 0) is 0 Å². The number of anilines is 1. The zero-order valence-electron chi connectivity index (χ0n) is 9.68. The van der Waals surface area contributed by atoms with Crippen molar-refractivity contribution in [2.75, 3.05) is 20.0 Å². The molecule has 88 valence electrons. The second-order valence-corrected chi connectivity index (χ2v) is 3.40. The fourth-order valence-corrected chi connectivity index (χ4v) is 1.50. The lowest BCUT2D eigenvalue weighted by molar-refractivity contribution is 0.355. The first-order chi connectivity index (χ1) is 8.24. The molecule has 1 heterocycles. The van der Waals surface area contributed by atoms with E-state index in [1.165, 1.54) is 0 Å². The third kappa shape index (κ3) is 2.28. The second kappa shape index (κ2) is 4.69. The Labute approximate surface area is 99.2 Å². The lowest BCUT2D eigenvalue weighted by Crippen LogP contribution is -1.94. The SMILES string of the molecule is COc1ccc(-c2cnc(N)nc2)cc1OC. The largest absolute Gasteiger partial charge is 0.493 e. The van der Waals surface area contributed by atoms with Gasteiger partial charge in [-0.15, -0.1) is 0 Å². The van der Waals surface area contributed by atoms with E-state index in [0.29, 0.717) is 11.5 Å². The third-order valence-electron chi connectivity index (χ3n) is 2.39. The summed E-state index contributed by atoms with van der Waals surface area (Å²) in [5, 5.41) is 0. The third-order valence-corrected chi connectivity index (χ3v) is 2.39. The molecule has 17 heavy (non-hydrogen) atoms. The van der Waals surface area contributed by atoms with Gasteiger partial charge in [-0.1, -0.05) is 6.07 Å². The second-order valence-electron chi connectivity index (χ2n) is 3.40. The Hall–Kier alpha value is -2.30. The van der Waals surface area contributed by atoms with Gasteiger partial charge in [-0.2, -0.15) is 0 Å². The van der Waals surface area contributed by atoms with Crippen LogP contribution in [0.4, 0.5) is 5.95 Å². The highest BCUT2D eigenvalue weighted by Crippen LogP contribution is 2.31. The van der Waals surface area contributed by atoms with Gasteiger partial charge in [-0.25, -0.2) is 9.97 Å². The van der Waals surface area contributed by atoms with Gasteiger partial charge >= 0.3 is 0 Å². The van der Waals surface area contributed by atoms with E-state index >= 15 is 0 Å². The van der Waals surface area contributed by atoms with E-state index in [9.17, 15) is 0 Å². The Bertz CT molecular complexity index is 512. The van der Waals surface area contributed by atoms with Crippen LogP contribution in [0.15, 0.2) is 30.6 Å². The predicted molar refractivity (Wildman–Crippen MR) is 65.0 cm³/mol. The van der Waals surface area contributed by atoms with Gasteiger partial charge in [0.05, 0.1) is 14.2 Å². The van der Waals surface area contributed by atoms with Crippen molar-refractivity contribution in [2.45, 2.75) is 0 Å². The Kier molecular flexibility index (Phi) is 3.09. The molecular formula is C12H13N3O2. The molecule has 5 nitrogen and oxygen atoms in total. The average Bonchev–Trinajstić information content (AvgIpc) is 2.39. The molecule has 0 bridgehead atoms. The number of ether oxygens (including phenoxy) is 2. The predicted octanol–water partition coefficient (Wildman–Crippen LogP) is 1.74. The molecule has 0 aliphatic heterocycles. The highest BCUT2D eigenvalue weighted by molar-refractivity contribution is 5.66. The van der Waals surface area contributed by atoms with E-state index in [4.69, 9.17) is 15.2 Å². The van der Waals surface area contributed by atoms with Crippen LogP contribution in [0.25, 0.3) is 11.1 Å². The van der Waals surface area contributed by atoms with Gasteiger partial charge < -0.3 is 15.2 Å². The van der Waals surface area contributed by atoms with Crippen LogP contribution in [0.2, 0.25) is 0 Å².